The van der Waals surface area contributed by atoms with Crippen LogP contribution < -0.4 is 4.72 Å². The summed E-state index contributed by atoms with van der Waals surface area (Å²) in [5.41, 5.74) is -0.202. The fourth-order valence-electron chi connectivity index (χ4n) is 1.58. The highest BCUT2D eigenvalue weighted by Crippen LogP contribution is 2.22. The molecule has 0 unspecified atom stereocenters. The monoisotopic (exact) mass is 311 g/mol. The molecule has 2 aromatic rings. The summed E-state index contributed by atoms with van der Waals surface area (Å²) in [7, 11) is -4.08. The first-order valence-electron chi connectivity index (χ1n) is 5.69. The maximum absolute atomic E-state index is 13.5. The van der Waals surface area contributed by atoms with Crippen molar-refractivity contribution in [3.05, 3.63) is 58.0 Å². The van der Waals surface area contributed by atoms with Crippen molar-refractivity contribution in [2.45, 2.75) is 11.8 Å². The summed E-state index contributed by atoms with van der Waals surface area (Å²) in [6, 6.07) is 5.65. The van der Waals surface area contributed by atoms with Crippen molar-refractivity contribution < 1.29 is 17.7 Å². The predicted octanol–water partition coefficient (Wildman–Crippen LogP) is 2.24. The first-order chi connectivity index (χ1) is 9.81. The zero-order chi connectivity index (χ0) is 15.6. The van der Waals surface area contributed by atoms with Crippen LogP contribution in [0.4, 0.5) is 15.9 Å². The van der Waals surface area contributed by atoms with Crippen molar-refractivity contribution in [1.82, 2.24) is 4.98 Å². The normalized spacial score (nSPS) is 11.1. The van der Waals surface area contributed by atoms with E-state index in [-0.39, 0.29) is 5.82 Å². The molecule has 9 heteroatoms. The van der Waals surface area contributed by atoms with Crippen LogP contribution in [0.2, 0.25) is 0 Å². The fraction of sp³-hybridized carbons (Fsp3) is 0.0833. The van der Waals surface area contributed by atoms with Gasteiger partial charge in [0, 0.05) is 18.3 Å². The Morgan fingerprint density at radius 2 is 2.05 bits per heavy atom. The van der Waals surface area contributed by atoms with Gasteiger partial charge < -0.3 is 0 Å². The van der Waals surface area contributed by atoms with E-state index in [9.17, 15) is 22.9 Å². The Bertz CT molecular complexity index is 808. The molecule has 2 rings (SSSR count). The number of nitro groups is 1. The van der Waals surface area contributed by atoms with E-state index in [0.29, 0.717) is 11.6 Å². The first kappa shape index (κ1) is 14.9. The van der Waals surface area contributed by atoms with E-state index in [1.807, 2.05) is 0 Å². The van der Waals surface area contributed by atoms with Crippen LogP contribution in [0.25, 0.3) is 0 Å². The number of pyridine rings is 1. The van der Waals surface area contributed by atoms with E-state index < -0.39 is 31.3 Å². The van der Waals surface area contributed by atoms with E-state index in [4.69, 9.17) is 0 Å². The van der Waals surface area contributed by atoms with Crippen LogP contribution in [-0.2, 0) is 10.0 Å². The highest BCUT2D eigenvalue weighted by atomic mass is 32.2. The molecule has 1 aromatic heterocycles. The van der Waals surface area contributed by atoms with Gasteiger partial charge in [0.1, 0.15) is 5.82 Å². The van der Waals surface area contributed by atoms with Gasteiger partial charge in [0.05, 0.1) is 9.82 Å². The largest absolute Gasteiger partial charge is 0.304 e. The third-order valence-corrected chi connectivity index (χ3v) is 4.00. The molecule has 0 amide bonds. The molecule has 0 atom stereocenters. The predicted molar refractivity (Wildman–Crippen MR) is 72.8 cm³/mol. The molecule has 1 heterocycles. The molecule has 21 heavy (non-hydrogen) atoms. The number of benzene rings is 1. The summed E-state index contributed by atoms with van der Waals surface area (Å²) >= 11 is 0. The second-order valence-corrected chi connectivity index (χ2v) is 5.83. The summed E-state index contributed by atoms with van der Waals surface area (Å²) in [4.78, 5) is 13.0. The molecule has 0 bridgehead atoms. The van der Waals surface area contributed by atoms with Gasteiger partial charge in [-0.05, 0) is 24.6 Å². The quantitative estimate of drug-likeness (QED) is 0.689. The molecule has 0 spiro atoms. The zero-order valence-electron chi connectivity index (χ0n) is 10.8. The van der Waals surface area contributed by atoms with Gasteiger partial charge in [-0.25, -0.2) is 13.4 Å². The second-order valence-electron chi connectivity index (χ2n) is 4.14. The average Bonchev–Trinajstić information content (AvgIpc) is 2.40. The van der Waals surface area contributed by atoms with Crippen LogP contribution in [0.1, 0.15) is 5.56 Å². The van der Waals surface area contributed by atoms with Gasteiger partial charge >= 0.3 is 5.69 Å². The van der Waals surface area contributed by atoms with Crippen LogP contribution in [0, 0.1) is 22.9 Å². The maximum atomic E-state index is 13.5. The lowest BCUT2D eigenvalue weighted by atomic mass is 10.3. The minimum Gasteiger partial charge on any atom is -0.263 e. The third-order valence-electron chi connectivity index (χ3n) is 2.67. The molecule has 1 aromatic carbocycles. The highest BCUT2D eigenvalue weighted by Gasteiger charge is 2.21. The van der Waals surface area contributed by atoms with E-state index in [1.165, 1.54) is 6.20 Å². The number of hydrogen-bond acceptors (Lipinski definition) is 5. The number of sulfonamides is 1. The molecule has 110 valence electrons. The summed E-state index contributed by atoms with van der Waals surface area (Å²) in [6.45, 7) is 1.65. The fourth-order valence-corrected chi connectivity index (χ4v) is 2.67. The topological polar surface area (TPSA) is 102 Å². The third kappa shape index (κ3) is 3.14. The summed E-state index contributed by atoms with van der Waals surface area (Å²) in [5, 5.41) is 10.5. The number of aromatic nitrogens is 1. The molecule has 0 radical (unpaired) electrons. The van der Waals surface area contributed by atoms with Crippen LogP contribution >= 0.6 is 0 Å². The van der Waals surface area contributed by atoms with Crippen molar-refractivity contribution >= 4 is 21.5 Å². The van der Waals surface area contributed by atoms with Gasteiger partial charge in [-0.3, -0.25) is 14.8 Å². The Morgan fingerprint density at radius 3 is 2.62 bits per heavy atom. The maximum Gasteiger partial charge on any atom is 0.304 e. The van der Waals surface area contributed by atoms with Crippen molar-refractivity contribution in [3.8, 4) is 0 Å². The first-order valence-corrected chi connectivity index (χ1v) is 7.18. The van der Waals surface area contributed by atoms with Crippen LogP contribution in [-0.4, -0.2) is 18.3 Å². The van der Waals surface area contributed by atoms with E-state index >= 15 is 0 Å². The van der Waals surface area contributed by atoms with Gasteiger partial charge in [-0.2, -0.15) is 4.39 Å². The van der Waals surface area contributed by atoms with Gasteiger partial charge in [0.15, 0.2) is 0 Å². The molecular formula is C12H10FN3O4S. The molecule has 0 saturated carbocycles. The SMILES string of the molecule is Cc1cccnc1NS(=O)(=O)c1ccc([N+](=O)[O-])c(F)c1. The van der Waals surface area contributed by atoms with Crippen molar-refractivity contribution in [2.75, 3.05) is 4.72 Å². The number of nitrogens with one attached hydrogen (secondary N) is 1. The summed E-state index contributed by atoms with van der Waals surface area (Å²) < 4.78 is 39.9. The Morgan fingerprint density at radius 1 is 1.33 bits per heavy atom. The summed E-state index contributed by atoms with van der Waals surface area (Å²) in [5.74, 6) is -1.11. The van der Waals surface area contributed by atoms with Crippen LogP contribution in [0.15, 0.2) is 41.4 Å². The molecule has 0 aliphatic carbocycles. The number of hydrogen-bond donors (Lipinski definition) is 1. The molecule has 0 fully saturated rings. The molecular weight excluding hydrogens is 301 g/mol. The second kappa shape index (κ2) is 5.44. The smallest absolute Gasteiger partial charge is 0.263 e. The van der Waals surface area contributed by atoms with E-state index in [0.717, 1.165) is 12.1 Å². The lowest BCUT2D eigenvalue weighted by Crippen LogP contribution is -2.15. The Balaban J connectivity index is 2.39. The van der Waals surface area contributed by atoms with Gasteiger partial charge in [-0.1, -0.05) is 6.07 Å². The average molecular weight is 311 g/mol. The number of halogens is 1. The number of anilines is 1. The van der Waals surface area contributed by atoms with E-state index in [2.05, 4.69) is 9.71 Å². The number of nitrogens with zero attached hydrogens (tertiary/aromatic N) is 2. The molecule has 0 aliphatic heterocycles. The van der Waals surface area contributed by atoms with E-state index in [1.54, 1.807) is 19.1 Å². The summed E-state index contributed by atoms with van der Waals surface area (Å²) in [6.07, 6.45) is 1.40. The minimum absolute atomic E-state index is 0.108. The molecule has 7 nitrogen and oxygen atoms in total. The van der Waals surface area contributed by atoms with Gasteiger partial charge in [-0.15, -0.1) is 0 Å². The highest BCUT2D eigenvalue weighted by molar-refractivity contribution is 7.92. The Labute approximate surface area is 119 Å². The standard InChI is InChI=1S/C12H10FN3O4S/c1-8-3-2-6-14-12(8)15-21(19,20)9-4-5-11(16(17)18)10(13)7-9/h2-7H,1H3,(H,14,15). The minimum atomic E-state index is -4.08. The molecule has 0 aliphatic rings. The lowest BCUT2D eigenvalue weighted by Gasteiger charge is -2.09. The Hall–Kier alpha value is -2.55. The van der Waals surface area contributed by atoms with Crippen LogP contribution in [0.5, 0.6) is 0 Å². The van der Waals surface area contributed by atoms with Crippen molar-refractivity contribution in [1.29, 1.82) is 0 Å². The lowest BCUT2D eigenvalue weighted by molar-refractivity contribution is -0.387. The van der Waals surface area contributed by atoms with Gasteiger partial charge in [0.2, 0.25) is 5.82 Å². The molecule has 1 N–H and O–H groups in total. The van der Waals surface area contributed by atoms with Crippen LogP contribution in [0.3, 0.4) is 0 Å². The number of nitro benzene ring substituents is 1. The van der Waals surface area contributed by atoms with Crippen molar-refractivity contribution in [2.24, 2.45) is 0 Å². The van der Waals surface area contributed by atoms with Gasteiger partial charge in [0.25, 0.3) is 10.0 Å². The Kier molecular flexibility index (Phi) is 3.85. The zero-order valence-corrected chi connectivity index (χ0v) is 11.6. The molecule has 0 saturated heterocycles. The van der Waals surface area contributed by atoms with Crippen molar-refractivity contribution in [3.63, 3.8) is 0 Å². The number of aryl methyl sites for hydroxylation is 1. The number of rotatable bonds is 4.